The van der Waals surface area contributed by atoms with Gasteiger partial charge in [-0.15, -0.1) is 0 Å². The predicted molar refractivity (Wildman–Crippen MR) is 118 cm³/mol. The zero-order valence-corrected chi connectivity index (χ0v) is 18.2. The van der Waals surface area contributed by atoms with Crippen LogP contribution in [0.15, 0.2) is 30.3 Å². The minimum atomic E-state index is 0.0489. The lowest BCUT2D eigenvalue weighted by atomic mass is 9.87. The SMILES string of the molecule is CCCCCCCCCCCCC[C@H]1OC(=O)[C@H]1CCCCc1ccccc1. The molecule has 0 radical (unpaired) electrons. The zero-order chi connectivity index (χ0) is 19.9. The molecule has 0 aliphatic carbocycles. The number of hydrogen-bond donors (Lipinski definition) is 0. The van der Waals surface area contributed by atoms with E-state index in [0.717, 1.165) is 25.7 Å². The highest BCUT2D eigenvalue weighted by atomic mass is 16.6. The fourth-order valence-electron chi connectivity index (χ4n) is 4.31. The minimum absolute atomic E-state index is 0.0489. The number of unbranched alkanes of at least 4 members (excludes halogenated alkanes) is 11. The van der Waals surface area contributed by atoms with E-state index in [-0.39, 0.29) is 18.0 Å². The van der Waals surface area contributed by atoms with Gasteiger partial charge in [-0.3, -0.25) is 4.79 Å². The number of rotatable bonds is 17. The Morgan fingerprint density at radius 2 is 1.29 bits per heavy atom. The van der Waals surface area contributed by atoms with Gasteiger partial charge >= 0.3 is 5.97 Å². The van der Waals surface area contributed by atoms with Crippen LogP contribution in [0.3, 0.4) is 0 Å². The molecule has 2 nitrogen and oxygen atoms in total. The van der Waals surface area contributed by atoms with Crippen molar-refractivity contribution < 1.29 is 9.53 Å². The molecule has 1 aromatic carbocycles. The maximum absolute atomic E-state index is 11.8. The second kappa shape index (κ2) is 14.7. The second-order valence-corrected chi connectivity index (χ2v) is 8.64. The van der Waals surface area contributed by atoms with E-state index in [4.69, 9.17) is 4.74 Å². The minimum Gasteiger partial charge on any atom is -0.461 e. The number of aryl methyl sites for hydroxylation is 1. The molecule has 1 saturated heterocycles. The van der Waals surface area contributed by atoms with Gasteiger partial charge in [0.25, 0.3) is 0 Å². The number of carbonyl (C=O) groups excluding carboxylic acids is 1. The standard InChI is InChI=1S/C26H42O2/c1-2-3-4-5-6-7-8-9-10-11-15-22-25-24(26(27)28-25)21-17-16-20-23-18-13-12-14-19-23/h12-14,18-19,24-25H,2-11,15-17,20-22H2,1H3/t24-,25+/m0/s1. The molecule has 0 unspecified atom stereocenters. The molecule has 1 fully saturated rings. The maximum atomic E-state index is 11.8. The summed E-state index contributed by atoms with van der Waals surface area (Å²) in [6, 6.07) is 10.6. The largest absolute Gasteiger partial charge is 0.461 e. The van der Waals surface area contributed by atoms with Gasteiger partial charge < -0.3 is 4.74 Å². The van der Waals surface area contributed by atoms with Crippen molar-refractivity contribution in [2.45, 2.75) is 116 Å². The van der Waals surface area contributed by atoms with Gasteiger partial charge in [-0.1, -0.05) is 108 Å². The van der Waals surface area contributed by atoms with Crippen molar-refractivity contribution in [2.75, 3.05) is 0 Å². The normalized spacial score (nSPS) is 18.7. The first-order chi connectivity index (χ1) is 13.8. The lowest BCUT2D eigenvalue weighted by Crippen LogP contribution is -2.44. The first kappa shape index (κ1) is 23.0. The van der Waals surface area contributed by atoms with Crippen molar-refractivity contribution in [3.05, 3.63) is 35.9 Å². The van der Waals surface area contributed by atoms with Crippen LogP contribution in [0.1, 0.15) is 109 Å². The van der Waals surface area contributed by atoms with E-state index >= 15 is 0 Å². The van der Waals surface area contributed by atoms with Crippen molar-refractivity contribution in [3.63, 3.8) is 0 Å². The number of benzene rings is 1. The van der Waals surface area contributed by atoms with Crippen LogP contribution in [-0.2, 0) is 16.0 Å². The molecule has 0 amide bonds. The molecular weight excluding hydrogens is 344 g/mol. The molecule has 158 valence electrons. The highest BCUT2D eigenvalue weighted by Gasteiger charge is 2.40. The van der Waals surface area contributed by atoms with Crippen molar-refractivity contribution >= 4 is 5.97 Å². The topological polar surface area (TPSA) is 26.3 Å². The van der Waals surface area contributed by atoms with Crippen LogP contribution < -0.4 is 0 Å². The Hall–Kier alpha value is -1.31. The van der Waals surface area contributed by atoms with Crippen molar-refractivity contribution in [1.82, 2.24) is 0 Å². The van der Waals surface area contributed by atoms with Gasteiger partial charge in [-0.05, 0) is 37.7 Å². The van der Waals surface area contributed by atoms with Crippen LogP contribution in [0.4, 0.5) is 0 Å². The van der Waals surface area contributed by atoms with E-state index in [0.29, 0.717) is 0 Å². The van der Waals surface area contributed by atoms with Gasteiger partial charge in [-0.2, -0.15) is 0 Å². The highest BCUT2D eigenvalue weighted by Crippen LogP contribution is 2.31. The fourth-order valence-corrected chi connectivity index (χ4v) is 4.31. The molecule has 2 rings (SSSR count). The van der Waals surface area contributed by atoms with Gasteiger partial charge in [0.1, 0.15) is 6.10 Å². The Balaban J connectivity index is 1.42. The van der Waals surface area contributed by atoms with Gasteiger partial charge in [-0.25, -0.2) is 0 Å². The molecule has 0 saturated carbocycles. The molecule has 0 spiro atoms. The molecular formula is C26H42O2. The Morgan fingerprint density at radius 1 is 0.714 bits per heavy atom. The molecule has 1 aliphatic rings. The van der Waals surface area contributed by atoms with Crippen molar-refractivity contribution in [3.8, 4) is 0 Å². The molecule has 1 aliphatic heterocycles. The van der Waals surface area contributed by atoms with E-state index < -0.39 is 0 Å². The van der Waals surface area contributed by atoms with Gasteiger partial charge in [0.15, 0.2) is 0 Å². The van der Waals surface area contributed by atoms with Gasteiger partial charge in [0, 0.05) is 0 Å². The molecule has 28 heavy (non-hydrogen) atoms. The second-order valence-electron chi connectivity index (χ2n) is 8.64. The van der Waals surface area contributed by atoms with Crippen LogP contribution in [0.25, 0.3) is 0 Å². The number of esters is 1. The lowest BCUT2D eigenvalue weighted by molar-refractivity contribution is -0.186. The number of cyclic esters (lactones) is 1. The van der Waals surface area contributed by atoms with Crippen LogP contribution in [0, 0.1) is 5.92 Å². The lowest BCUT2D eigenvalue weighted by Gasteiger charge is -2.35. The third kappa shape index (κ3) is 9.26. The number of hydrogen-bond acceptors (Lipinski definition) is 2. The van der Waals surface area contributed by atoms with Crippen LogP contribution in [0.2, 0.25) is 0 Å². The van der Waals surface area contributed by atoms with E-state index in [2.05, 4.69) is 37.3 Å². The summed E-state index contributed by atoms with van der Waals surface area (Å²) in [7, 11) is 0. The number of carbonyl (C=O) groups is 1. The molecule has 0 N–H and O–H groups in total. The average molecular weight is 387 g/mol. The van der Waals surface area contributed by atoms with E-state index in [1.54, 1.807) is 0 Å². The van der Waals surface area contributed by atoms with Gasteiger partial charge in [0.05, 0.1) is 5.92 Å². The average Bonchev–Trinajstić information content (AvgIpc) is 2.71. The quantitative estimate of drug-likeness (QED) is 0.203. The summed E-state index contributed by atoms with van der Waals surface area (Å²) in [6.45, 7) is 2.28. The summed E-state index contributed by atoms with van der Waals surface area (Å²) in [5.74, 6) is 0.228. The Morgan fingerprint density at radius 3 is 1.89 bits per heavy atom. The Labute approximate surface area is 173 Å². The summed E-state index contributed by atoms with van der Waals surface area (Å²) in [4.78, 5) is 11.8. The summed E-state index contributed by atoms with van der Waals surface area (Å²) in [6.07, 6.45) is 20.8. The summed E-state index contributed by atoms with van der Waals surface area (Å²) >= 11 is 0. The first-order valence-electron chi connectivity index (χ1n) is 12.1. The van der Waals surface area contributed by atoms with Gasteiger partial charge in [0.2, 0.25) is 0 Å². The first-order valence-corrected chi connectivity index (χ1v) is 12.1. The zero-order valence-electron chi connectivity index (χ0n) is 18.2. The Bertz CT molecular complexity index is 510. The smallest absolute Gasteiger partial charge is 0.313 e. The summed E-state index contributed by atoms with van der Waals surface area (Å²) in [5.41, 5.74) is 1.40. The third-order valence-electron chi connectivity index (χ3n) is 6.18. The molecule has 1 heterocycles. The Kier molecular flexibility index (Phi) is 12.0. The van der Waals surface area contributed by atoms with Crippen LogP contribution in [-0.4, -0.2) is 12.1 Å². The molecule has 0 bridgehead atoms. The number of ether oxygens (including phenoxy) is 1. The molecule has 2 heteroatoms. The maximum Gasteiger partial charge on any atom is 0.313 e. The fraction of sp³-hybridized carbons (Fsp3) is 0.731. The highest BCUT2D eigenvalue weighted by molar-refractivity contribution is 5.78. The monoisotopic (exact) mass is 386 g/mol. The molecule has 2 atom stereocenters. The predicted octanol–water partition coefficient (Wildman–Crippen LogP) is 7.64. The third-order valence-corrected chi connectivity index (χ3v) is 6.18. The van der Waals surface area contributed by atoms with E-state index in [1.807, 2.05) is 0 Å². The van der Waals surface area contributed by atoms with E-state index in [9.17, 15) is 4.79 Å². The van der Waals surface area contributed by atoms with Crippen LogP contribution in [0.5, 0.6) is 0 Å². The molecule has 0 aromatic heterocycles. The van der Waals surface area contributed by atoms with Crippen molar-refractivity contribution in [2.24, 2.45) is 5.92 Å². The summed E-state index contributed by atoms with van der Waals surface area (Å²) in [5, 5.41) is 0. The molecule has 1 aromatic rings. The van der Waals surface area contributed by atoms with Crippen LogP contribution >= 0.6 is 0 Å². The van der Waals surface area contributed by atoms with E-state index in [1.165, 1.54) is 82.6 Å². The van der Waals surface area contributed by atoms with Crippen molar-refractivity contribution in [1.29, 1.82) is 0 Å². The summed E-state index contributed by atoms with van der Waals surface area (Å²) < 4.78 is 5.42.